The highest BCUT2D eigenvalue weighted by Gasteiger charge is 2.02. The Labute approximate surface area is 80.5 Å². The lowest BCUT2D eigenvalue weighted by Gasteiger charge is -2.09. The molecule has 0 radical (unpaired) electrons. The van der Waals surface area contributed by atoms with Crippen LogP contribution in [0.4, 0.5) is 0 Å². The van der Waals surface area contributed by atoms with Gasteiger partial charge in [0.25, 0.3) is 0 Å². The lowest BCUT2D eigenvalue weighted by atomic mass is 10.1. The summed E-state index contributed by atoms with van der Waals surface area (Å²) in [5.74, 6) is 1.31. The second kappa shape index (κ2) is 6.35. The van der Waals surface area contributed by atoms with Crippen molar-refractivity contribution in [3.8, 4) is 0 Å². The molecular formula is C11H18O2. The minimum atomic E-state index is 0.627. The van der Waals surface area contributed by atoms with Gasteiger partial charge in [0, 0.05) is 0 Å². The second-order valence-electron chi connectivity index (χ2n) is 2.72. The zero-order chi connectivity index (χ0) is 10.3. The monoisotopic (exact) mass is 182 g/mol. The van der Waals surface area contributed by atoms with Crippen LogP contribution in [-0.2, 0) is 9.47 Å². The average molecular weight is 182 g/mol. The fraction of sp³-hybridized carbons (Fsp3) is 0.455. The molecule has 13 heavy (non-hydrogen) atoms. The van der Waals surface area contributed by atoms with Crippen LogP contribution in [0.1, 0.15) is 19.8 Å². The van der Waals surface area contributed by atoms with E-state index < -0.39 is 0 Å². The second-order valence-corrected chi connectivity index (χ2v) is 2.72. The molecule has 0 N–H and O–H groups in total. The molecule has 0 aliphatic carbocycles. The molecule has 0 spiro atoms. The van der Waals surface area contributed by atoms with Crippen molar-refractivity contribution in [2.24, 2.45) is 0 Å². The van der Waals surface area contributed by atoms with Crippen molar-refractivity contribution >= 4 is 0 Å². The minimum absolute atomic E-state index is 0.627. The maximum atomic E-state index is 5.05. The molecular weight excluding hydrogens is 164 g/mol. The topological polar surface area (TPSA) is 18.5 Å². The number of methoxy groups -OCH3 is 2. The summed E-state index contributed by atoms with van der Waals surface area (Å²) in [7, 11) is 3.21. The van der Waals surface area contributed by atoms with E-state index in [2.05, 4.69) is 20.1 Å². The molecule has 74 valence electrons. The molecule has 0 bridgehead atoms. The van der Waals surface area contributed by atoms with E-state index in [1.54, 1.807) is 14.2 Å². The largest absolute Gasteiger partial charge is 0.497 e. The van der Waals surface area contributed by atoms with E-state index in [0.29, 0.717) is 11.5 Å². The van der Waals surface area contributed by atoms with Gasteiger partial charge in [0.1, 0.15) is 11.5 Å². The predicted molar refractivity (Wildman–Crippen MR) is 55.3 cm³/mol. The molecule has 0 aromatic carbocycles. The van der Waals surface area contributed by atoms with Gasteiger partial charge in [-0.2, -0.15) is 0 Å². The third-order valence-corrected chi connectivity index (χ3v) is 1.72. The van der Waals surface area contributed by atoms with Crippen LogP contribution in [0.25, 0.3) is 0 Å². The van der Waals surface area contributed by atoms with Gasteiger partial charge in [0.2, 0.25) is 0 Å². The van der Waals surface area contributed by atoms with Crippen molar-refractivity contribution < 1.29 is 9.47 Å². The fourth-order valence-corrected chi connectivity index (χ4v) is 0.946. The highest BCUT2D eigenvalue weighted by molar-refractivity contribution is 5.29. The van der Waals surface area contributed by atoms with Crippen LogP contribution >= 0.6 is 0 Å². The maximum Gasteiger partial charge on any atom is 0.115 e. The van der Waals surface area contributed by atoms with E-state index in [9.17, 15) is 0 Å². The molecule has 0 atom stereocenters. The Kier molecular flexibility index (Phi) is 5.77. The van der Waals surface area contributed by atoms with Crippen LogP contribution in [-0.4, -0.2) is 14.2 Å². The van der Waals surface area contributed by atoms with Crippen molar-refractivity contribution in [3.63, 3.8) is 0 Å². The smallest absolute Gasteiger partial charge is 0.115 e. The SMILES string of the molecule is C=C(/C=C(/CCC)C(=C)OC)OC. The lowest BCUT2D eigenvalue weighted by molar-refractivity contribution is 0.294. The molecule has 0 aromatic rings. The number of hydrogen-bond donors (Lipinski definition) is 0. The van der Waals surface area contributed by atoms with E-state index >= 15 is 0 Å². The van der Waals surface area contributed by atoms with E-state index in [0.717, 1.165) is 18.4 Å². The summed E-state index contributed by atoms with van der Waals surface area (Å²) >= 11 is 0. The first-order valence-electron chi connectivity index (χ1n) is 4.32. The highest BCUT2D eigenvalue weighted by Crippen LogP contribution is 2.16. The molecule has 0 saturated carbocycles. The number of allylic oxidation sites excluding steroid dienone is 2. The van der Waals surface area contributed by atoms with Crippen LogP contribution in [0.15, 0.2) is 36.3 Å². The Hall–Kier alpha value is -1.18. The summed E-state index contributed by atoms with van der Waals surface area (Å²) in [5, 5.41) is 0. The maximum absolute atomic E-state index is 5.05. The van der Waals surface area contributed by atoms with Gasteiger partial charge in [0.15, 0.2) is 0 Å². The Bertz CT molecular complexity index is 214. The van der Waals surface area contributed by atoms with Gasteiger partial charge >= 0.3 is 0 Å². The Morgan fingerprint density at radius 2 is 1.85 bits per heavy atom. The van der Waals surface area contributed by atoms with Gasteiger partial charge in [-0.3, -0.25) is 0 Å². The van der Waals surface area contributed by atoms with Crippen molar-refractivity contribution in [2.45, 2.75) is 19.8 Å². The summed E-state index contributed by atoms with van der Waals surface area (Å²) in [6.45, 7) is 9.61. The zero-order valence-electron chi connectivity index (χ0n) is 8.72. The quantitative estimate of drug-likeness (QED) is 0.464. The van der Waals surface area contributed by atoms with Crippen molar-refractivity contribution in [1.82, 2.24) is 0 Å². The Morgan fingerprint density at radius 1 is 1.23 bits per heavy atom. The van der Waals surface area contributed by atoms with Crippen LogP contribution < -0.4 is 0 Å². The number of rotatable bonds is 6. The minimum Gasteiger partial charge on any atom is -0.497 e. The first kappa shape index (κ1) is 11.8. The summed E-state index contributed by atoms with van der Waals surface area (Å²) in [5.41, 5.74) is 1.04. The van der Waals surface area contributed by atoms with Gasteiger partial charge in [0.05, 0.1) is 14.2 Å². The first-order valence-corrected chi connectivity index (χ1v) is 4.32. The van der Waals surface area contributed by atoms with Crippen LogP contribution in [0.2, 0.25) is 0 Å². The van der Waals surface area contributed by atoms with Crippen LogP contribution in [0, 0.1) is 0 Å². The number of ether oxygens (including phenoxy) is 2. The van der Waals surface area contributed by atoms with Crippen molar-refractivity contribution in [1.29, 1.82) is 0 Å². The van der Waals surface area contributed by atoms with Crippen LogP contribution in [0.5, 0.6) is 0 Å². The van der Waals surface area contributed by atoms with E-state index in [4.69, 9.17) is 9.47 Å². The summed E-state index contributed by atoms with van der Waals surface area (Å²) in [4.78, 5) is 0. The van der Waals surface area contributed by atoms with E-state index in [-0.39, 0.29) is 0 Å². The average Bonchev–Trinajstić information content (AvgIpc) is 2.15. The van der Waals surface area contributed by atoms with Gasteiger partial charge in [-0.15, -0.1) is 0 Å². The van der Waals surface area contributed by atoms with Gasteiger partial charge in [-0.25, -0.2) is 0 Å². The molecule has 0 fully saturated rings. The van der Waals surface area contributed by atoms with Gasteiger partial charge < -0.3 is 9.47 Å². The first-order chi connectivity index (χ1) is 6.15. The lowest BCUT2D eigenvalue weighted by Crippen LogP contribution is -1.92. The Balaban J connectivity index is 4.48. The summed E-state index contributed by atoms with van der Waals surface area (Å²) in [6.07, 6.45) is 3.83. The molecule has 0 unspecified atom stereocenters. The zero-order valence-corrected chi connectivity index (χ0v) is 8.72. The third-order valence-electron chi connectivity index (χ3n) is 1.72. The molecule has 0 aliphatic rings. The standard InChI is InChI=1S/C11H18O2/c1-6-7-11(10(3)13-5)8-9(2)12-4/h8H,2-3,6-7H2,1,4-5H3/b11-8-. The van der Waals surface area contributed by atoms with E-state index in [1.165, 1.54) is 0 Å². The molecule has 0 saturated heterocycles. The highest BCUT2D eigenvalue weighted by atomic mass is 16.5. The van der Waals surface area contributed by atoms with Crippen molar-refractivity contribution in [3.05, 3.63) is 36.3 Å². The molecule has 0 rings (SSSR count). The molecule has 0 heterocycles. The van der Waals surface area contributed by atoms with Gasteiger partial charge in [-0.1, -0.05) is 26.5 Å². The number of hydrogen-bond acceptors (Lipinski definition) is 2. The normalized spacial score (nSPS) is 10.8. The summed E-state index contributed by atoms with van der Waals surface area (Å²) < 4.78 is 10.0. The third kappa shape index (κ3) is 4.41. The summed E-state index contributed by atoms with van der Waals surface area (Å²) in [6, 6.07) is 0. The molecule has 0 amide bonds. The van der Waals surface area contributed by atoms with E-state index in [1.807, 2.05) is 6.08 Å². The molecule has 2 nitrogen and oxygen atoms in total. The fourth-order valence-electron chi connectivity index (χ4n) is 0.946. The molecule has 0 aromatic heterocycles. The molecule has 2 heteroatoms. The molecule has 0 aliphatic heterocycles. The predicted octanol–water partition coefficient (Wildman–Crippen LogP) is 3.03. The van der Waals surface area contributed by atoms with Crippen molar-refractivity contribution in [2.75, 3.05) is 14.2 Å². The van der Waals surface area contributed by atoms with Gasteiger partial charge in [-0.05, 0) is 18.1 Å². The van der Waals surface area contributed by atoms with Crippen LogP contribution in [0.3, 0.4) is 0 Å². The Morgan fingerprint density at radius 3 is 2.23 bits per heavy atom.